The Morgan fingerprint density at radius 3 is 1.32 bits per heavy atom. The van der Waals surface area contributed by atoms with E-state index in [4.69, 9.17) is 18.5 Å². The molecule has 6 N–H and O–H groups in total. The molecule has 1 rings (SSSR count). The van der Waals surface area contributed by atoms with Gasteiger partial charge in [0.15, 0.2) is 0 Å². The molecule has 0 spiro atoms. The first-order chi connectivity index (χ1) is 30.0. The number of unbranched alkanes of at least 4 members (excludes halogenated alkanes) is 30. The van der Waals surface area contributed by atoms with E-state index < -0.39 is 63.1 Å². The van der Waals surface area contributed by atoms with Crippen molar-refractivity contribution in [2.75, 3.05) is 19.8 Å². The Morgan fingerprint density at radius 2 is 0.871 bits per heavy atom. The second-order valence-electron chi connectivity index (χ2n) is 18.0. The van der Waals surface area contributed by atoms with Gasteiger partial charge in [-0.25, -0.2) is 4.57 Å². The molecule has 0 aromatic carbocycles. The molecular weight excluding hydrogens is 812 g/mol. The highest BCUT2D eigenvalue weighted by Crippen LogP contribution is 2.47. The molecule has 6 unspecified atom stereocenters. The fourth-order valence-electron chi connectivity index (χ4n) is 8.04. The lowest BCUT2D eigenvalue weighted by Gasteiger charge is -2.41. The summed E-state index contributed by atoms with van der Waals surface area (Å²) in [7, 11) is -5.01. The van der Waals surface area contributed by atoms with Crippen LogP contribution < -0.4 is 0 Å². The van der Waals surface area contributed by atoms with Gasteiger partial charge in [0.2, 0.25) is 0 Å². The van der Waals surface area contributed by atoms with Gasteiger partial charge in [-0.05, 0) is 32.1 Å². The van der Waals surface area contributed by atoms with Gasteiger partial charge in [-0.3, -0.25) is 13.8 Å². The number of hydrogen-bond donors (Lipinski definition) is 6. The number of allylic oxidation sites excluding steroid dienone is 2. The first kappa shape index (κ1) is 59.1. The largest absolute Gasteiger partial charge is 0.472 e. The average Bonchev–Trinajstić information content (AvgIpc) is 3.26. The van der Waals surface area contributed by atoms with Crippen molar-refractivity contribution in [3.05, 3.63) is 12.2 Å². The van der Waals surface area contributed by atoms with Gasteiger partial charge in [-0.1, -0.05) is 206 Å². The average molecular weight is 907 g/mol. The summed E-state index contributed by atoms with van der Waals surface area (Å²) in [5.74, 6) is -0.483. The minimum Gasteiger partial charge on any atom is -0.457 e. The van der Waals surface area contributed by atoms with Crippen LogP contribution in [0, 0.1) is 0 Å². The van der Waals surface area contributed by atoms with E-state index in [0.717, 1.165) is 57.8 Å². The lowest BCUT2D eigenvalue weighted by atomic mass is 9.85. The Balaban J connectivity index is 2.25. The van der Waals surface area contributed by atoms with Crippen molar-refractivity contribution < 1.29 is 58.3 Å². The summed E-state index contributed by atoms with van der Waals surface area (Å²) < 4.78 is 34.2. The summed E-state index contributed by atoms with van der Waals surface area (Å²) >= 11 is 0. The predicted molar refractivity (Wildman–Crippen MR) is 249 cm³/mol. The van der Waals surface area contributed by atoms with Gasteiger partial charge >= 0.3 is 13.8 Å². The number of esters is 1. The summed E-state index contributed by atoms with van der Waals surface area (Å²) in [5, 5.41) is 50.2. The SMILES string of the molecule is CCCC/C=C\CCCCCCCC(=O)OC(COCCCCCCCCCCCCCCCCCCCCCCCCCC)COP(=O)(O)OC1C(O)C(O)C(O)C(O)C1O. The first-order valence-electron chi connectivity index (χ1n) is 25.5. The monoisotopic (exact) mass is 907 g/mol. The number of aliphatic hydroxyl groups excluding tert-OH is 5. The summed E-state index contributed by atoms with van der Waals surface area (Å²) in [6, 6.07) is 0. The standard InChI is InChI=1S/C49H95O12P/c1-3-5-7-9-11-13-15-16-17-18-19-20-21-22-23-24-25-26-27-29-31-33-35-37-39-58-40-42(60-43(50)38-36-34-32-30-28-14-12-10-8-6-4-2)41-59-62(56,57)61-49-47(54)45(52)44(51)46(53)48(49)55/h10,12,42,44-49,51-55H,3-9,11,13-41H2,1-2H3,(H,56,57)/b12-10-. The van der Waals surface area contributed by atoms with E-state index in [9.17, 15) is 39.8 Å². The van der Waals surface area contributed by atoms with Gasteiger partial charge in [-0.15, -0.1) is 0 Å². The second-order valence-corrected chi connectivity index (χ2v) is 19.4. The Hall–Kier alpha value is -0.920. The van der Waals surface area contributed by atoms with Crippen LogP contribution in [-0.2, 0) is 27.9 Å². The molecule has 368 valence electrons. The highest BCUT2D eigenvalue weighted by molar-refractivity contribution is 7.47. The smallest absolute Gasteiger partial charge is 0.457 e. The molecule has 0 aliphatic heterocycles. The normalized spacial score (nSPS) is 22.0. The van der Waals surface area contributed by atoms with E-state index in [0.29, 0.717) is 13.0 Å². The zero-order valence-corrected chi connectivity index (χ0v) is 40.3. The third-order valence-electron chi connectivity index (χ3n) is 12.1. The zero-order chi connectivity index (χ0) is 45.5. The van der Waals surface area contributed by atoms with E-state index in [1.54, 1.807) is 0 Å². The van der Waals surface area contributed by atoms with E-state index in [1.165, 1.54) is 148 Å². The van der Waals surface area contributed by atoms with Gasteiger partial charge in [0, 0.05) is 13.0 Å². The van der Waals surface area contributed by atoms with Crippen LogP contribution in [0.25, 0.3) is 0 Å². The van der Waals surface area contributed by atoms with Crippen molar-refractivity contribution in [1.29, 1.82) is 0 Å². The number of ether oxygens (including phenoxy) is 2. The van der Waals surface area contributed by atoms with Crippen molar-refractivity contribution in [2.45, 2.75) is 275 Å². The van der Waals surface area contributed by atoms with E-state index in [-0.39, 0.29) is 13.0 Å². The maximum Gasteiger partial charge on any atom is 0.472 e. The third kappa shape index (κ3) is 31.9. The third-order valence-corrected chi connectivity index (χ3v) is 13.1. The summed E-state index contributed by atoms with van der Waals surface area (Å²) in [6.45, 7) is 4.24. The number of phosphoric ester groups is 1. The van der Waals surface area contributed by atoms with Gasteiger partial charge in [-0.2, -0.15) is 0 Å². The Morgan fingerprint density at radius 1 is 0.500 bits per heavy atom. The predicted octanol–water partition coefficient (Wildman–Crippen LogP) is 11.1. The second kappa shape index (κ2) is 40.4. The maximum atomic E-state index is 12.8. The first-order valence-corrected chi connectivity index (χ1v) is 27.0. The van der Waals surface area contributed by atoms with Crippen molar-refractivity contribution >= 4 is 13.8 Å². The lowest BCUT2D eigenvalue weighted by Crippen LogP contribution is -2.64. The van der Waals surface area contributed by atoms with Gasteiger partial charge in [0.25, 0.3) is 0 Å². The van der Waals surface area contributed by atoms with Crippen molar-refractivity contribution in [1.82, 2.24) is 0 Å². The van der Waals surface area contributed by atoms with Crippen molar-refractivity contribution in [3.63, 3.8) is 0 Å². The van der Waals surface area contributed by atoms with Crippen LogP contribution in [0.5, 0.6) is 0 Å². The van der Waals surface area contributed by atoms with Crippen LogP contribution >= 0.6 is 7.82 Å². The molecule has 0 amide bonds. The van der Waals surface area contributed by atoms with E-state index in [1.807, 2.05) is 0 Å². The molecule has 1 fully saturated rings. The molecule has 12 nitrogen and oxygen atoms in total. The van der Waals surface area contributed by atoms with Crippen LogP contribution in [0.15, 0.2) is 12.2 Å². The minimum absolute atomic E-state index is 0.0742. The zero-order valence-electron chi connectivity index (χ0n) is 39.4. The Labute approximate surface area is 377 Å². The summed E-state index contributed by atoms with van der Waals surface area (Å²) in [5.41, 5.74) is 0. The highest BCUT2D eigenvalue weighted by atomic mass is 31.2. The quantitative estimate of drug-likeness (QED) is 0.0147. The molecule has 62 heavy (non-hydrogen) atoms. The molecule has 0 radical (unpaired) electrons. The van der Waals surface area contributed by atoms with Crippen LogP contribution in [-0.4, -0.2) is 98.9 Å². The van der Waals surface area contributed by atoms with Crippen LogP contribution in [0.4, 0.5) is 0 Å². The molecule has 0 aromatic heterocycles. The molecule has 1 saturated carbocycles. The van der Waals surface area contributed by atoms with Crippen LogP contribution in [0.2, 0.25) is 0 Å². The number of aliphatic hydroxyl groups is 5. The molecule has 0 bridgehead atoms. The lowest BCUT2D eigenvalue weighted by molar-refractivity contribution is -0.220. The number of carbonyl (C=O) groups is 1. The fraction of sp³-hybridized carbons (Fsp3) is 0.939. The topological polar surface area (TPSA) is 192 Å². The van der Waals surface area contributed by atoms with Gasteiger partial charge < -0.3 is 39.9 Å². The molecular formula is C49H95O12P. The molecule has 1 aliphatic rings. The summed E-state index contributed by atoms with van der Waals surface area (Å²) in [6.07, 6.45) is 33.0. The highest BCUT2D eigenvalue weighted by Gasteiger charge is 2.51. The maximum absolute atomic E-state index is 12.8. The fourth-order valence-corrected chi connectivity index (χ4v) is 9.02. The van der Waals surface area contributed by atoms with Crippen molar-refractivity contribution in [3.8, 4) is 0 Å². The van der Waals surface area contributed by atoms with E-state index >= 15 is 0 Å². The number of phosphoric acid groups is 1. The van der Waals surface area contributed by atoms with Crippen LogP contribution in [0.1, 0.15) is 232 Å². The van der Waals surface area contributed by atoms with Crippen LogP contribution in [0.3, 0.4) is 0 Å². The Bertz CT molecular complexity index is 1080. The van der Waals surface area contributed by atoms with Gasteiger partial charge in [0.1, 0.15) is 42.7 Å². The molecule has 13 heteroatoms. The number of hydrogen-bond acceptors (Lipinski definition) is 11. The number of rotatable bonds is 44. The number of carbonyl (C=O) groups excluding carboxylic acids is 1. The summed E-state index contributed by atoms with van der Waals surface area (Å²) in [4.78, 5) is 23.1. The molecule has 0 saturated heterocycles. The molecule has 6 atom stereocenters. The minimum atomic E-state index is -5.01. The molecule has 0 heterocycles. The van der Waals surface area contributed by atoms with Crippen molar-refractivity contribution in [2.24, 2.45) is 0 Å². The molecule has 0 aromatic rings. The molecule has 1 aliphatic carbocycles. The van der Waals surface area contributed by atoms with Gasteiger partial charge in [0.05, 0.1) is 13.2 Å². The van der Waals surface area contributed by atoms with E-state index in [2.05, 4.69) is 26.0 Å². The Kier molecular flexibility index (Phi) is 38.5.